The molecule has 1 aliphatic heterocycles. The highest BCUT2D eigenvalue weighted by molar-refractivity contribution is 5.70. The minimum atomic E-state index is -0.622. The topological polar surface area (TPSA) is 79.3 Å². The number of aliphatic hydroxyl groups excluding tert-OH is 2. The van der Waals surface area contributed by atoms with E-state index in [1.165, 1.54) is 0 Å². The van der Waals surface area contributed by atoms with Gasteiger partial charge in [0.05, 0.1) is 18.3 Å². The minimum Gasteiger partial charge on any atom is -0.460 e. The first-order valence-corrected chi connectivity index (χ1v) is 10.4. The number of aliphatic hydroxyl groups is 2. The summed E-state index contributed by atoms with van der Waals surface area (Å²) in [6.07, 6.45) is 5.01. The minimum absolute atomic E-state index is 0.00280. The fourth-order valence-electron chi connectivity index (χ4n) is 7.18. The molecule has 0 aromatic rings. The molecule has 0 aromatic carbocycles. The van der Waals surface area contributed by atoms with Crippen molar-refractivity contribution in [1.29, 1.82) is 0 Å². The third kappa shape index (κ3) is 2.44. The van der Waals surface area contributed by atoms with E-state index in [9.17, 15) is 15.0 Å². The molecule has 4 fully saturated rings. The van der Waals surface area contributed by atoms with Gasteiger partial charge in [0.15, 0.2) is 0 Å². The standard InChI is InChI=1S/C22H34O5/c1-6-20(4)10-15(27-16(24)11-23)21(5)12(2)7-8-22(13(3)19(20)25)9-14-17(26-14)18(21)22/h6,12-15,17-19,23,25H,1,7-11H2,2-5H3/t12?,13-,14+,15+,17+,18?,19-,20+,21-,22-/m0/s1. The second-order valence-corrected chi connectivity index (χ2v) is 10.1. The lowest BCUT2D eigenvalue weighted by atomic mass is 9.43. The van der Waals surface area contributed by atoms with Crippen molar-refractivity contribution in [2.24, 2.45) is 34.0 Å². The van der Waals surface area contributed by atoms with Crippen molar-refractivity contribution in [3.63, 3.8) is 0 Å². The Morgan fingerprint density at radius 3 is 2.67 bits per heavy atom. The number of esters is 1. The zero-order valence-electron chi connectivity index (χ0n) is 17.0. The van der Waals surface area contributed by atoms with Crippen LogP contribution in [0.15, 0.2) is 12.7 Å². The fraction of sp³-hybridized carbons (Fsp3) is 0.864. The Kier molecular flexibility index (Phi) is 4.34. The molecule has 3 aliphatic carbocycles. The van der Waals surface area contributed by atoms with Crippen LogP contribution in [0.5, 0.6) is 0 Å². The van der Waals surface area contributed by atoms with Crippen LogP contribution in [-0.2, 0) is 14.3 Å². The van der Waals surface area contributed by atoms with Crippen molar-refractivity contribution in [1.82, 2.24) is 0 Å². The first-order valence-electron chi connectivity index (χ1n) is 10.4. The second kappa shape index (κ2) is 6.04. The van der Waals surface area contributed by atoms with Crippen LogP contribution >= 0.6 is 0 Å². The van der Waals surface area contributed by atoms with Crippen LogP contribution in [0.3, 0.4) is 0 Å². The van der Waals surface area contributed by atoms with Crippen LogP contribution in [0.1, 0.15) is 53.4 Å². The number of hydrogen-bond acceptors (Lipinski definition) is 5. The highest BCUT2D eigenvalue weighted by atomic mass is 16.6. The first kappa shape index (κ1) is 19.4. The third-order valence-electron chi connectivity index (χ3n) is 9.17. The van der Waals surface area contributed by atoms with E-state index < -0.39 is 24.1 Å². The quantitative estimate of drug-likeness (QED) is 0.448. The maximum Gasteiger partial charge on any atom is 0.332 e. The highest BCUT2D eigenvalue weighted by Gasteiger charge is 2.74. The van der Waals surface area contributed by atoms with Gasteiger partial charge in [0, 0.05) is 16.7 Å². The van der Waals surface area contributed by atoms with Crippen molar-refractivity contribution in [2.75, 3.05) is 6.61 Å². The van der Waals surface area contributed by atoms with Crippen molar-refractivity contribution >= 4 is 5.97 Å². The second-order valence-electron chi connectivity index (χ2n) is 10.1. The number of ether oxygens (including phenoxy) is 2. The zero-order valence-corrected chi connectivity index (χ0v) is 17.0. The molecule has 2 unspecified atom stereocenters. The summed E-state index contributed by atoms with van der Waals surface area (Å²) in [5.74, 6) is 0.162. The van der Waals surface area contributed by atoms with Crippen molar-refractivity contribution in [3.05, 3.63) is 12.7 Å². The SMILES string of the molecule is C=C[C@]1(C)C[C@@H](OC(=O)CO)[C@]2(C)C(C)CC[C@]3(C[C@H]4O[C@H]4C32)[C@@H](C)[C@@H]1O. The van der Waals surface area contributed by atoms with E-state index in [4.69, 9.17) is 9.47 Å². The number of epoxide rings is 1. The predicted molar refractivity (Wildman–Crippen MR) is 101 cm³/mol. The summed E-state index contributed by atoms with van der Waals surface area (Å²) in [5, 5.41) is 20.7. The largest absolute Gasteiger partial charge is 0.460 e. The Labute approximate surface area is 162 Å². The maximum atomic E-state index is 12.1. The Hall–Kier alpha value is -0.910. The molecular weight excluding hydrogens is 344 g/mol. The van der Waals surface area contributed by atoms with Crippen LogP contribution in [0.2, 0.25) is 0 Å². The van der Waals surface area contributed by atoms with E-state index in [2.05, 4.69) is 27.4 Å². The molecule has 27 heavy (non-hydrogen) atoms. The Balaban J connectivity index is 1.87. The van der Waals surface area contributed by atoms with E-state index >= 15 is 0 Å². The molecule has 1 saturated heterocycles. The lowest BCUT2D eigenvalue weighted by molar-refractivity contribution is -0.218. The van der Waals surface area contributed by atoms with Gasteiger partial charge in [-0.1, -0.05) is 33.8 Å². The van der Waals surface area contributed by atoms with Gasteiger partial charge in [-0.05, 0) is 42.9 Å². The van der Waals surface area contributed by atoms with E-state index in [1.807, 2.05) is 13.0 Å². The molecule has 0 amide bonds. The molecule has 152 valence electrons. The molecule has 3 saturated carbocycles. The van der Waals surface area contributed by atoms with Gasteiger partial charge in [-0.2, -0.15) is 0 Å². The summed E-state index contributed by atoms with van der Waals surface area (Å²) in [6.45, 7) is 12.1. The highest BCUT2D eigenvalue weighted by Crippen LogP contribution is 2.72. The molecule has 0 spiro atoms. The molecule has 1 heterocycles. The fourth-order valence-corrected chi connectivity index (χ4v) is 7.18. The van der Waals surface area contributed by atoms with Crippen LogP contribution in [-0.4, -0.2) is 47.2 Å². The summed E-state index contributed by atoms with van der Waals surface area (Å²) in [6, 6.07) is 0. The summed E-state index contributed by atoms with van der Waals surface area (Å²) in [4.78, 5) is 12.1. The molecule has 5 nitrogen and oxygen atoms in total. The lowest BCUT2D eigenvalue weighted by Crippen LogP contribution is -2.63. The van der Waals surface area contributed by atoms with E-state index in [1.54, 1.807) is 0 Å². The van der Waals surface area contributed by atoms with Gasteiger partial charge in [-0.3, -0.25) is 0 Å². The van der Waals surface area contributed by atoms with Crippen LogP contribution in [0.25, 0.3) is 0 Å². The van der Waals surface area contributed by atoms with Crippen LogP contribution in [0, 0.1) is 34.0 Å². The summed E-state index contributed by atoms with van der Waals surface area (Å²) >= 11 is 0. The summed E-state index contributed by atoms with van der Waals surface area (Å²) in [7, 11) is 0. The van der Waals surface area contributed by atoms with Gasteiger partial charge in [0.2, 0.25) is 0 Å². The first-order chi connectivity index (χ1) is 12.6. The number of hydrogen-bond donors (Lipinski definition) is 2. The molecular formula is C22H34O5. The Morgan fingerprint density at radius 2 is 2.04 bits per heavy atom. The number of carbonyl (C=O) groups is 1. The molecule has 4 rings (SSSR count). The maximum absolute atomic E-state index is 12.1. The molecule has 10 atom stereocenters. The van der Waals surface area contributed by atoms with Gasteiger partial charge >= 0.3 is 5.97 Å². The average molecular weight is 379 g/mol. The van der Waals surface area contributed by atoms with Crippen molar-refractivity contribution in [3.8, 4) is 0 Å². The molecule has 0 aromatic heterocycles. The van der Waals surface area contributed by atoms with Crippen LogP contribution < -0.4 is 0 Å². The van der Waals surface area contributed by atoms with Gasteiger partial charge < -0.3 is 19.7 Å². The van der Waals surface area contributed by atoms with Crippen molar-refractivity contribution in [2.45, 2.75) is 77.8 Å². The molecule has 0 radical (unpaired) electrons. The van der Waals surface area contributed by atoms with Gasteiger partial charge in [0.25, 0.3) is 0 Å². The van der Waals surface area contributed by atoms with Gasteiger partial charge in [-0.25, -0.2) is 4.79 Å². The normalized spacial score (nSPS) is 56.3. The van der Waals surface area contributed by atoms with E-state index in [0.717, 1.165) is 19.3 Å². The lowest BCUT2D eigenvalue weighted by Gasteiger charge is -2.63. The Bertz CT molecular complexity index is 649. The molecule has 4 aliphatic rings. The summed E-state index contributed by atoms with van der Waals surface area (Å²) in [5.41, 5.74) is -0.801. The third-order valence-corrected chi connectivity index (χ3v) is 9.17. The molecule has 2 N–H and O–H groups in total. The van der Waals surface area contributed by atoms with Crippen molar-refractivity contribution < 1.29 is 24.5 Å². The summed E-state index contributed by atoms with van der Waals surface area (Å²) < 4.78 is 11.9. The average Bonchev–Trinajstić information content (AvgIpc) is 3.32. The molecule has 2 bridgehead atoms. The monoisotopic (exact) mass is 378 g/mol. The predicted octanol–water partition coefficient (Wildman–Crippen LogP) is 2.69. The van der Waals surface area contributed by atoms with E-state index in [0.29, 0.717) is 12.3 Å². The smallest absolute Gasteiger partial charge is 0.332 e. The number of rotatable bonds is 3. The number of carbonyl (C=O) groups excluding carboxylic acids is 1. The van der Waals surface area contributed by atoms with E-state index in [-0.39, 0.29) is 41.0 Å². The zero-order chi connectivity index (χ0) is 19.8. The van der Waals surface area contributed by atoms with Gasteiger partial charge in [0.1, 0.15) is 12.7 Å². The van der Waals surface area contributed by atoms with Crippen LogP contribution in [0.4, 0.5) is 0 Å². The molecule has 5 heteroatoms. The Morgan fingerprint density at radius 1 is 1.33 bits per heavy atom. The number of fused-ring (bicyclic) bond motifs is 1. The van der Waals surface area contributed by atoms with Gasteiger partial charge in [-0.15, -0.1) is 6.58 Å².